The van der Waals surface area contributed by atoms with Gasteiger partial charge in [-0.3, -0.25) is 9.69 Å². The zero-order chi connectivity index (χ0) is 23.2. The fraction of sp³-hybridized carbons (Fsp3) is 0.192. The Morgan fingerprint density at radius 2 is 1.52 bits per heavy atom. The number of benzene rings is 3. The van der Waals surface area contributed by atoms with Crippen LogP contribution in [-0.4, -0.2) is 33.0 Å². The lowest BCUT2D eigenvalue weighted by Gasteiger charge is -2.25. The molecule has 0 saturated carbocycles. The van der Waals surface area contributed by atoms with Crippen LogP contribution in [0.2, 0.25) is 0 Å². The van der Waals surface area contributed by atoms with Crippen molar-refractivity contribution in [3.63, 3.8) is 0 Å². The van der Waals surface area contributed by atoms with Gasteiger partial charge in [0.25, 0.3) is 0 Å². The molecular formula is C26H26N4O2S. The molecule has 0 aliphatic carbocycles. The van der Waals surface area contributed by atoms with Crippen molar-refractivity contribution in [3.05, 3.63) is 84.9 Å². The molecule has 6 nitrogen and oxygen atoms in total. The van der Waals surface area contributed by atoms with E-state index < -0.39 is 0 Å². The Hall–Kier alpha value is -3.58. The summed E-state index contributed by atoms with van der Waals surface area (Å²) < 4.78 is 7.52. The fourth-order valence-corrected chi connectivity index (χ4v) is 4.59. The summed E-state index contributed by atoms with van der Waals surface area (Å²) in [5.41, 5.74) is 2.52. The molecule has 0 saturated heterocycles. The number of thioether (sulfide) groups is 1. The van der Waals surface area contributed by atoms with Crippen LogP contribution in [0, 0.1) is 0 Å². The molecule has 0 bridgehead atoms. The van der Waals surface area contributed by atoms with Crippen LogP contribution in [-0.2, 0) is 11.3 Å². The fourth-order valence-electron chi connectivity index (χ4n) is 3.64. The van der Waals surface area contributed by atoms with E-state index in [0.717, 1.165) is 28.5 Å². The second kappa shape index (κ2) is 10.4. The SMILES string of the molecule is CCn1c(S[C@H](C)C(=O)N(c2ccccc2)c2ccccc2)nnc1-c1ccccc1OC. The van der Waals surface area contributed by atoms with Gasteiger partial charge in [-0.05, 0) is 50.2 Å². The largest absolute Gasteiger partial charge is 0.496 e. The van der Waals surface area contributed by atoms with E-state index in [1.54, 1.807) is 12.0 Å². The standard InChI is InChI=1S/C26H26N4O2S/c1-4-29-24(22-17-11-12-18-23(22)32-3)27-28-26(29)33-19(2)25(31)30(20-13-7-5-8-14-20)21-15-9-6-10-16-21/h5-19H,4H2,1-3H3/t19-/m1/s1. The van der Waals surface area contributed by atoms with Gasteiger partial charge in [-0.2, -0.15) is 0 Å². The predicted molar refractivity (Wildman–Crippen MR) is 133 cm³/mol. The summed E-state index contributed by atoms with van der Waals surface area (Å²) in [6.07, 6.45) is 0. The maximum atomic E-state index is 13.7. The zero-order valence-corrected chi connectivity index (χ0v) is 19.7. The first-order chi connectivity index (χ1) is 16.1. The number of methoxy groups -OCH3 is 1. The second-order valence-electron chi connectivity index (χ2n) is 7.36. The van der Waals surface area contributed by atoms with Crippen molar-refractivity contribution in [2.75, 3.05) is 12.0 Å². The summed E-state index contributed by atoms with van der Waals surface area (Å²) in [5, 5.41) is 9.15. The highest BCUT2D eigenvalue weighted by atomic mass is 32.2. The van der Waals surface area contributed by atoms with Crippen LogP contribution in [0.4, 0.5) is 11.4 Å². The Morgan fingerprint density at radius 1 is 0.939 bits per heavy atom. The average Bonchev–Trinajstić information content (AvgIpc) is 3.27. The summed E-state index contributed by atoms with van der Waals surface area (Å²) in [5.74, 6) is 1.43. The molecule has 0 spiro atoms. The van der Waals surface area contributed by atoms with Crippen LogP contribution >= 0.6 is 11.8 Å². The highest BCUT2D eigenvalue weighted by Crippen LogP contribution is 2.34. The average molecular weight is 459 g/mol. The van der Waals surface area contributed by atoms with Crippen LogP contribution in [0.5, 0.6) is 5.75 Å². The van der Waals surface area contributed by atoms with E-state index in [4.69, 9.17) is 4.74 Å². The van der Waals surface area contributed by atoms with Gasteiger partial charge in [0.2, 0.25) is 5.91 Å². The third-order valence-corrected chi connectivity index (χ3v) is 6.33. The Morgan fingerprint density at radius 3 is 2.09 bits per heavy atom. The maximum absolute atomic E-state index is 13.7. The number of carbonyl (C=O) groups is 1. The number of nitrogens with zero attached hydrogens (tertiary/aromatic N) is 4. The number of ether oxygens (including phenoxy) is 1. The van der Waals surface area contributed by atoms with Gasteiger partial charge in [0.15, 0.2) is 11.0 Å². The minimum Gasteiger partial charge on any atom is -0.496 e. The van der Waals surface area contributed by atoms with E-state index in [1.165, 1.54) is 11.8 Å². The summed E-state index contributed by atoms with van der Waals surface area (Å²) in [7, 11) is 1.64. The van der Waals surface area contributed by atoms with E-state index in [2.05, 4.69) is 10.2 Å². The smallest absolute Gasteiger partial charge is 0.244 e. The molecule has 0 fully saturated rings. The third-order valence-electron chi connectivity index (χ3n) is 5.26. The number of rotatable bonds is 8. The highest BCUT2D eigenvalue weighted by Gasteiger charge is 2.27. The first-order valence-electron chi connectivity index (χ1n) is 10.8. The molecule has 0 aliphatic heterocycles. The van der Waals surface area contributed by atoms with Crippen molar-refractivity contribution < 1.29 is 9.53 Å². The van der Waals surface area contributed by atoms with Crippen molar-refractivity contribution >= 4 is 29.0 Å². The molecule has 33 heavy (non-hydrogen) atoms. The summed E-state index contributed by atoms with van der Waals surface area (Å²) in [6, 6.07) is 27.1. The maximum Gasteiger partial charge on any atom is 0.244 e. The molecule has 3 aromatic carbocycles. The van der Waals surface area contributed by atoms with Gasteiger partial charge in [-0.1, -0.05) is 60.3 Å². The minimum atomic E-state index is -0.384. The first kappa shape index (κ1) is 22.6. The first-order valence-corrected chi connectivity index (χ1v) is 11.7. The molecule has 168 valence electrons. The molecule has 0 radical (unpaired) electrons. The Labute approximate surface area is 198 Å². The van der Waals surface area contributed by atoms with E-state index in [0.29, 0.717) is 11.7 Å². The molecule has 1 atom stereocenters. The van der Waals surface area contributed by atoms with Crippen LogP contribution in [0.15, 0.2) is 90.1 Å². The van der Waals surface area contributed by atoms with Gasteiger partial charge in [0.05, 0.1) is 17.9 Å². The van der Waals surface area contributed by atoms with Gasteiger partial charge in [0, 0.05) is 17.9 Å². The van der Waals surface area contributed by atoms with E-state index in [1.807, 2.05) is 103 Å². The number of amides is 1. The lowest BCUT2D eigenvalue weighted by molar-refractivity contribution is -0.117. The molecule has 7 heteroatoms. The second-order valence-corrected chi connectivity index (χ2v) is 8.66. The minimum absolute atomic E-state index is 0.0260. The molecule has 1 heterocycles. The highest BCUT2D eigenvalue weighted by molar-refractivity contribution is 8.00. The van der Waals surface area contributed by atoms with Crippen LogP contribution in [0.25, 0.3) is 11.4 Å². The lowest BCUT2D eigenvalue weighted by Crippen LogP contribution is -2.33. The summed E-state index contributed by atoms with van der Waals surface area (Å²) >= 11 is 1.41. The van der Waals surface area contributed by atoms with Crippen molar-refractivity contribution in [2.45, 2.75) is 30.8 Å². The van der Waals surface area contributed by atoms with Crippen molar-refractivity contribution in [3.8, 4) is 17.1 Å². The monoisotopic (exact) mass is 458 g/mol. The predicted octanol–water partition coefficient (Wildman–Crippen LogP) is 5.82. The number of anilines is 2. The molecule has 1 amide bonds. The van der Waals surface area contributed by atoms with E-state index in [-0.39, 0.29) is 11.2 Å². The van der Waals surface area contributed by atoms with Crippen molar-refractivity contribution in [1.29, 1.82) is 0 Å². The van der Waals surface area contributed by atoms with E-state index in [9.17, 15) is 4.79 Å². The molecule has 0 aliphatic rings. The summed E-state index contributed by atoms with van der Waals surface area (Å²) in [6.45, 7) is 4.62. The van der Waals surface area contributed by atoms with Crippen molar-refractivity contribution in [1.82, 2.24) is 14.8 Å². The molecule has 0 N–H and O–H groups in total. The van der Waals surface area contributed by atoms with Gasteiger partial charge >= 0.3 is 0 Å². The third kappa shape index (κ3) is 4.78. The number of aromatic nitrogens is 3. The summed E-state index contributed by atoms with van der Waals surface area (Å²) in [4.78, 5) is 15.4. The van der Waals surface area contributed by atoms with Crippen molar-refractivity contribution in [2.24, 2.45) is 0 Å². The number of para-hydroxylation sites is 3. The normalized spacial score (nSPS) is 11.7. The topological polar surface area (TPSA) is 60.2 Å². The van der Waals surface area contributed by atoms with Crippen LogP contribution < -0.4 is 9.64 Å². The van der Waals surface area contributed by atoms with Crippen LogP contribution in [0.1, 0.15) is 13.8 Å². The molecule has 1 aromatic heterocycles. The van der Waals surface area contributed by atoms with Crippen LogP contribution in [0.3, 0.4) is 0 Å². The molecular weight excluding hydrogens is 432 g/mol. The Kier molecular flexibility index (Phi) is 7.10. The lowest BCUT2D eigenvalue weighted by atomic mass is 10.2. The van der Waals surface area contributed by atoms with E-state index >= 15 is 0 Å². The Balaban J connectivity index is 1.64. The van der Waals surface area contributed by atoms with Gasteiger partial charge in [0.1, 0.15) is 5.75 Å². The molecule has 4 aromatic rings. The number of hydrogen-bond acceptors (Lipinski definition) is 5. The van der Waals surface area contributed by atoms with Gasteiger partial charge < -0.3 is 9.30 Å². The number of hydrogen-bond donors (Lipinski definition) is 0. The number of carbonyl (C=O) groups excluding carboxylic acids is 1. The Bertz CT molecular complexity index is 1170. The molecule has 4 rings (SSSR count). The molecule has 0 unspecified atom stereocenters. The zero-order valence-electron chi connectivity index (χ0n) is 18.9. The van der Waals surface area contributed by atoms with Gasteiger partial charge in [-0.25, -0.2) is 0 Å². The quantitative estimate of drug-likeness (QED) is 0.311. The van der Waals surface area contributed by atoms with Gasteiger partial charge in [-0.15, -0.1) is 10.2 Å².